The van der Waals surface area contributed by atoms with Crippen LogP contribution in [0.3, 0.4) is 0 Å². The summed E-state index contributed by atoms with van der Waals surface area (Å²) < 4.78 is 16.8. The van der Waals surface area contributed by atoms with Gasteiger partial charge in [0.25, 0.3) is 0 Å². The van der Waals surface area contributed by atoms with Crippen molar-refractivity contribution in [1.29, 1.82) is 0 Å². The molecule has 8 heteroatoms. The number of hydrogen-bond donors (Lipinski definition) is 3. The summed E-state index contributed by atoms with van der Waals surface area (Å²) in [6.45, 7) is 11.2. The number of aliphatic hydroxyl groups is 3. The molecule has 37 heavy (non-hydrogen) atoms. The lowest BCUT2D eigenvalue weighted by atomic mass is 9.93. The van der Waals surface area contributed by atoms with E-state index >= 15 is 0 Å². The number of ether oxygens (including phenoxy) is 3. The topological polar surface area (TPSA) is 126 Å². The molecule has 0 radical (unpaired) electrons. The van der Waals surface area contributed by atoms with Crippen LogP contribution >= 0.6 is 0 Å². The fourth-order valence-electron chi connectivity index (χ4n) is 4.79. The third-order valence-electron chi connectivity index (χ3n) is 7.24. The molecule has 2 aliphatic rings. The van der Waals surface area contributed by atoms with Gasteiger partial charge in [0.15, 0.2) is 0 Å². The summed E-state index contributed by atoms with van der Waals surface area (Å²) in [7, 11) is 0. The summed E-state index contributed by atoms with van der Waals surface area (Å²) >= 11 is 0. The van der Waals surface area contributed by atoms with Gasteiger partial charge in [-0.25, -0.2) is 0 Å². The van der Waals surface area contributed by atoms with Gasteiger partial charge in [-0.2, -0.15) is 0 Å². The normalized spacial score (nSPS) is 34.1. The Morgan fingerprint density at radius 1 is 1.22 bits per heavy atom. The van der Waals surface area contributed by atoms with Crippen molar-refractivity contribution < 1.29 is 39.1 Å². The maximum atomic E-state index is 12.5. The second-order valence-corrected chi connectivity index (χ2v) is 10.7. The number of allylic oxidation sites excluding steroid dienone is 3. The molecule has 0 spiro atoms. The van der Waals surface area contributed by atoms with Crippen molar-refractivity contribution in [2.75, 3.05) is 0 Å². The van der Waals surface area contributed by atoms with E-state index in [1.807, 2.05) is 39.8 Å². The molecule has 10 atom stereocenters. The van der Waals surface area contributed by atoms with Crippen LogP contribution in [0.2, 0.25) is 0 Å². The largest absolute Gasteiger partial charge is 0.457 e. The Balaban J connectivity index is 2.08. The van der Waals surface area contributed by atoms with Crippen LogP contribution in [0.1, 0.15) is 73.6 Å². The van der Waals surface area contributed by atoms with E-state index in [-0.39, 0.29) is 55.3 Å². The molecule has 1 fully saturated rings. The Hall–Kier alpha value is -2.00. The second-order valence-electron chi connectivity index (χ2n) is 10.7. The van der Waals surface area contributed by atoms with Crippen molar-refractivity contribution >= 4 is 11.9 Å². The number of carbonyl (C=O) groups excluding carboxylic acids is 2. The van der Waals surface area contributed by atoms with Crippen molar-refractivity contribution in [3.63, 3.8) is 0 Å². The maximum Gasteiger partial charge on any atom is 0.309 e. The van der Waals surface area contributed by atoms with Crippen molar-refractivity contribution in [1.82, 2.24) is 0 Å². The van der Waals surface area contributed by atoms with Crippen LogP contribution in [-0.4, -0.2) is 70.0 Å². The van der Waals surface area contributed by atoms with Crippen LogP contribution in [0.25, 0.3) is 0 Å². The van der Waals surface area contributed by atoms with Crippen LogP contribution in [0, 0.1) is 17.8 Å². The minimum absolute atomic E-state index is 0.107. The van der Waals surface area contributed by atoms with Gasteiger partial charge in [0.1, 0.15) is 12.2 Å². The first-order valence-electron chi connectivity index (χ1n) is 13.5. The molecule has 2 rings (SSSR count). The van der Waals surface area contributed by atoms with Gasteiger partial charge in [-0.05, 0) is 50.2 Å². The zero-order valence-corrected chi connectivity index (χ0v) is 23.1. The highest BCUT2D eigenvalue weighted by Crippen LogP contribution is 2.36. The smallest absolute Gasteiger partial charge is 0.309 e. The molecule has 0 amide bonds. The van der Waals surface area contributed by atoms with E-state index < -0.39 is 36.4 Å². The van der Waals surface area contributed by atoms with Gasteiger partial charge in [0, 0.05) is 18.8 Å². The fourth-order valence-corrected chi connectivity index (χ4v) is 4.79. The van der Waals surface area contributed by atoms with Crippen LogP contribution in [-0.2, 0) is 23.8 Å². The predicted octanol–water partition coefficient (Wildman–Crippen LogP) is 3.63. The van der Waals surface area contributed by atoms with Gasteiger partial charge in [-0.3, -0.25) is 9.59 Å². The first-order chi connectivity index (χ1) is 17.4. The summed E-state index contributed by atoms with van der Waals surface area (Å²) in [4.78, 5) is 24.0. The standard InChI is InChI=1S/C29H46O8/c1-7-23(32)20(5)29-26(36-29)15-17(2)9-8-10-18(3)28-19(4)11-14-25(35-21(6)30)24(33)13-12-22(31)16-27(34)37-28/h8-11,14,17,19-20,22-26,28-29,31-33H,7,12-13,15-16H2,1-6H3. The number of epoxide rings is 1. The molecule has 0 saturated carbocycles. The van der Waals surface area contributed by atoms with E-state index in [4.69, 9.17) is 14.2 Å². The molecule has 210 valence electrons. The predicted molar refractivity (Wildman–Crippen MR) is 140 cm³/mol. The first-order valence-corrected chi connectivity index (χ1v) is 13.5. The number of esters is 2. The molecule has 2 heterocycles. The molecule has 0 aromatic rings. The van der Waals surface area contributed by atoms with Crippen LogP contribution in [0.5, 0.6) is 0 Å². The minimum atomic E-state index is -0.986. The van der Waals surface area contributed by atoms with E-state index in [1.54, 1.807) is 12.2 Å². The number of rotatable bonds is 9. The van der Waals surface area contributed by atoms with Gasteiger partial charge in [-0.1, -0.05) is 52.0 Å². The Labute approximate surface area is 221 Å². The Morgan fingerprint density at radius 2 is 1.92 bits per heavy atom. The van der Waals surface area contributed by atoms with Crippen molar-refractivity contribution in [3.8, 4) is 0 Å². The Bertz CT molecular complexity index is 834. The average Bonchev–Trinajstić information content (AvgIpc) is 3.60. The molecular weight excluding hydrogens is 476 g/mol. The van der Waals surface area contributed by atoms with Crippen molar-refractivity contribution in [2.24, 2.45) is 17.8 Å². The monoisotopic (exact) mass is 522 g/mol. The summed E-state index contributed by atoms with van der Waals surface area (Å²) in [5, 5.41) is 30.7. The first kappa shape index (κ1) is 31.2. The number of aliphatic hydroxyl groups excluding tert-OH is 3. The SMILES string of the molecule is CCC(O)C(C)C1OC1CC(C)C=CC=C(C)C1OC(=O)CC(O)CCC(O)C(OC(C)=O)C=CC1C. The van der Waals surface area contributed by atoms with Crippen LogP contribution in [0.15, 0.2) is 36.0 Å². The zero-order valence-electron chi connectivity index (χ0n) is 23.1. The van der Waals surface area contributed by atoms with Crippen LogP contribution in [0.4, 0.5) is 0 Å². The molecule has 0 aliphatic carbocycles. The Kier molecular flexibility index (Phi) is 12.5. The average molecular weight is 523 g/mol. The van der Waals surface area contributed by atoms with Gasteiger partial charge < -0.3 is 29.5 Å². The third kappa shape index (κ3) is 10.3. The van der Waals surface area contributed by atoms with E-state index in [0.29, 0.717) is 0 Å². The molecule has 1 saturated heterocycles. The quantitative estimate of drug-likeness (QED) is 0.181. The fraction of sp³-hybridized carbons (Fsp3) is 0.724. The Morgan fingerprint density at radius 3 is 2.57 bits per heavy atom. The molecule has 10 unspecified atom stereocenters. The summed E-state index contributed by atoms with van der Waals surface area (Å²) in [5.74, 6) is -0.887. The highest BCUT2D eigenvalue weighted by molar-refractivity contribution is 5.70. The van der Waals surface area contributed by atoms with Gasteiger partial charge >= 0.3 is 11.9 Å². The maximum absolute atomic E-state index is 12.5. The van der Waals surface area contributed by atoms with E-state index in [0.717, 1.165) is 18.4 Å². The van der Waals surface area contributed by atoms with Gasteiger partial charge in [-0.15, -0.1) is 0 Å². The number of carbonyl (C=O) groups is 2. The lowest BCUT2D eigenvalue weighted by molar-refractivity contribution is -0.151. The summed E-state index contributed by atoms with van der Waals surface area (Å²) in [5.41, 5.74) is 0.824. The van der Waals surface area contributed by atoms with E-state index in [2.05, 4.69) is 13.0 Å². The van der Waals surface area contributed by atoms with Crippen molar-refractivity contribution in [3.05, 3.63) is 36.0 Å². The molecule has 2 aliphatic heterocycles. The number of hydrogen-bond acceptors (Lipinski definition) is 8. The highest BCUT2D eigenvalue weighted by atomic mass is 16.6. The highest BCUT2D eigenvalue weighted by Gasteiger charge is 2.44. The van der Waals surface area contributed by atoms with E-state index in [1.165, 1.54) is 6.92 Å². The molecule has 0 aromatic heterocycles. The zero-order chi connectivity index (χ0) is 27.7. The minimum Gasteiger partial charge on any atom is -0.457 e. The lowest BCUT2D eigenvalue weighted by Crippen LogP contribution is -2.33. The summed E-state index contributed by atoms with van der Waals surface area (Å²) in [6.07, 6.45) is 7.67. The molecule has 3 N–H and O–H groups in total. The summed E-state index contributed by atoms with van der Waals surface area (Å²) in [6, 6.07) is 0. The van der Waals surface area contributed by atoms with Gasteiger partial charge in [0.05, 0.1) is 36.9 Å². The second kappa shape index (κ2) is 14.8. The molecular formula is C29H46O8. The van der Waals surface area contributed by atoms with E-state index in [9.17, 15) is 24.9 Å². The van der Waals surface area contributed by atoms with Crippen LogP contribution < -0.4 is 0 Å². The molecule has 0 aromatic carbocycles. The number of cyclic esters (lactones) is 1. The molecule has 8 nitrogen and oxygen atoms in total. The third-order valence-corrected chi connectivity index (χ3v) is 7.24. The lowest BCUT2D eigenvalue weighted by Gasteiger charge is -2.26. The van der Waals surface area contributed by atoms with Crippen molar-refractivity contribution in [2.45, 2.75) is 116 Å². The molecule has 0 bridgehead atoms. The van der Waals surface area contributed by atoms with Gasteiger partial charge in [0.2, 0.25) is 0 Å².